The van der Waals surface area contributed by atoms with Gasteiger partial charge in [0, 0.05) is 20.5 Å². The number of hydrogen-bond donors (Lipinski definition) is 1. The molecule has 1 N–H and O–H groups in total. The average molecular weight is 357 g/mol. The summed E-state index contributed by atoms with van der Waals surface area (Å²) in [5.74, 6) is -0.540. The molecule has 2 aromatic rings. The summed E-state index contributed by atoms with van der Waals surface area (Å²) >= 11 is 0. The molecule has 0 bridgehead atoms. The van der Waals surface area contributed by atoms with Crippen LogP contribution in [0, 0.1) is 0 Å². The minimum absolute atomic E-state index is 0.0300. The lowest BCUT2D eigenvalue weighted by molar-refractivity contribution is -0.159. The molecule has 0 unspecified atom stereocenters. The molecule has 138 valence electrons. The van der Waals surface area contributed by atoms with Gasteiger partial charge in [-0.15, -0.1) is 0 Å². The van der Waals surface area contributed by atoms with Crippen LogP contribution in [0.3, 0.4) is 0 Å². The average Bonchev–Trinajstić information content (AvgIpc) is 3.10. The molecular weight excluding hydrogens is 334 g/mol. The zero-order valence-electron chi connectivity index (χ0n) is 15.0. The Bertz CT molecular complexity index is 791. The SMILES string of the molecule is CC(=O)N1CCC[C@@](O)(C(=O)N(C)Cc2cnn(-c3ccccc3)n2)C1. The maximum absolute atomic E-state index is 12.8. The smallest absolute Gasteiger partial charge is 0.256 e. The van der Waals surface area contributed by atoms with Crippen molar-refractivity contribution in [2.45, 2.75) is 31.9 Å². The maximum Gasteiger partial charge on any atom is 0.256 e. The lowest BCUT2D eigenvalue weighted by Gasteiger charge is -2.39. The molecule has 1 saturated heterocycles. The Morgan fingerprint density at radius 1 is 1.31 bits per heavy atom. The van der Waals surface area contributed by atoms with E-state index < -0.39 is 11.5 Å². The van der Waals surface area contributed by atoms with Gasteiger partial charge in [-0.25, -0.2) is 0 Å². The van der Waals surface area contributed by atoms with Crippen LogP contribution in [0.1, 0.15) is 25.5 Å². The molecule has 8 heteroatoms. The van der Waals surface area contributed by atoms with Gasteiger partial charge < -0.3 is 14.9 Å². The van der Waals surface area contributed by atoms with Crippen molar-refractivity contribution in [2.24, 2.45) is 0 Å². The summed E-state index contributed by atoms with van der Waals surface area (Å²) in [4.78, 5) is 28.8. The second-order valence-corrected chi connectivity index (χ2v) is 6.70. The minimum Gasteiger partial charge on any atom is -0.378 e. The normalized spacial score (nSPS) is 20.0. The van der Waals surface area contributed by atoms with Crippen LogP contribution in [-0.4, -0.2) is 67.5 Å². The fourth-order valence-corrected chi connectivity index (χ4v) is 3.20. The summed E-state index contributed by atoms with van der Waals surface area (Å²) in [7, 11) is 1.62. The number of likely N-dealkylation sites (tertiary alicyclic amines) is 1. The van der Waals surface area contributed by atoms with Gasteiger partial charge in [0.1, 0.15) is 5.69 Å². The van der Waals surface area contributed by atoms with Gasteiger partial charge in [0.05, 0.1) is 25.0 Å². The van der Waals surface area contributed by atoms with Crippen LogP contribution in [0.15, 0.2) is 36.5 Å². The third-order valence-corrected chi connectivity index (χ3v) is 4.59. The highest BCUT2D eigenvalue weighted by atomic mass is 16.3. The molecule has 0 spiro atoms. The number of carbonyl (C=O) groups excluding carboxylic acids is 2. The van der Waals surface area contributed by atoms with E-state index in [4.69, 9.17) is 0 Å². The number of aliphatic hydroxyl groups is 1. The van der Waals surface area contributed by atoms with Crippen LogP contribution >= 0.6 is 0 Å². The second-order valence-electron chi connectivity index (χ2n) is 6.70. The number of aromatic nitrogens is 3. The molecule has 1 atom stereocenters. The highest BCUT2D eigenvalue weighted by molar-refractivity contribution is 5.86. The molecular formula is C18H23N5O3. The molecule has 0 saturated carbocycles. The van der Waals surface area contributed by atoms with Crippen LogP contribution in [0.2, 0.25) is 0 Å². The molecule has 2 amide bonds. The van der Waals surface area contributed by atoms with E-state index in [1.165, 1.54) is 21.5 Å². The number of para-hydroxylation sites is 1. The largest absolute Gasteiger partial charge is 0.378 e. The van der Waals surface area contributed by atoms with Crippen molar-refractivity contribution in [1.29, 1.82) is 0 Å². The Kier molecular flexibility index (Phi) is 5.03. The molecule has 26 heavy (non-hydrogen) atoms. The van der Waals surface area contributed by atoms with Crippen LogP contribution < -0.4 is 0 Å². The molecule has 3 rings (SSSR count). The topological polar surface area (TPSA) is 91.6 Å². The quantitative estimate of drug-likeness (QED) is 0.865. The van der Waals surface area contributed by atoms with Gasteiger partial charge in [-0.2, -0.15) is 15.0 Å². The van der Waals surface area contributed by atoms with E-state index in [1.807, 2.05) is 30.3 Å². The first kappa shape index (κ1) is 18.1. The van der Waals surface area contributed by atoms with Crippen molar-refractivity contribution in [1.82, 2.24) is 24.8 Å². The number of piperidine rings is 1. The van der Waals surface area contributed by atoms with Gasteiger partial charge in [0.15, 0.2) is 5.60 Å². The zero-order valence-corrected chi connectivity index (χ0v) is 15.0. The Hall–Kier alpha value is -2.74. The van der Waals surface area contributed by atoms with Crippen molar-refractivity contribution >= 4 is 11.8 Å². The van der Waals surface area contributed by atoms with E-state index in [9.17, 15) is 14.7 Å². The number of likely N-dealkylation sites (N-methyl/N-ethyl adjacent to an activating group) is 1. The minimum atomic E-state index is -1.55. The number of rotatable bonds is 4. The molecule has 0 aliphatic carbocycles. The molecule has 1 aromatic carbocycles. The maximum atomic E-state index is 12.8. The van der Waals surface area contributed by atoms with Crippen molar-refractivity contribution in [3.63, 3.8) is 0 Å². The number of amides is 2. The summed E-state index contributed by atoms with van der Waals surface area (Å²) in [6.07, 6.45) is 2.54. The zero-order chi connectivity index (χ0) is 18.7. The standard InChI is InChI=1S/C18H23N5O3/c1-14(24)22-10-6-9-18(26,13-22)17(25)21(2)12-15-11-19-23(20-15)16-7-4-3-5-8-16/h3-5,7-8,11,26H,6,9-10,12-13H2,1-2H3/t18-/m0/s1. The summed E-state index contributed by atoms with van der Waals surface area (Å²) in [6, 6.07) is 9.48. The summed E-state index contributed by atoms with van der Waals surface area (Å²) in [5, 5.41) is 19.4. The van der Waals surface area contributed by atoms with Gasteiger partial charge in [-0.3, -0.25) is 9.59 Å². The van der Waals surface area contributed by atoms with Crippen LogP contribution in [0.4, 0.5) is 0 Å². The Balaban J connectivity index is 1.68. The molecule has 2 heterocycles. The van der Waals surface area contributed by atoms with Gasteiger partial charge in [-0.1, -0.05) is 18.2 Å². The summed E-state index contributed by atoms with van der Waals surface area (Å²) < 4.78 is 0. The fourth-order valence-electron chi connectivity index (χ4n) is 3.20. The second kappa shape index (κ2) is 7.25. The van der Waals surface area contributed by atoms with Crippen molar-refractivity contribution in [3.8, 4) is 5.69 Å². The Morgan fingerprint density at radius 3 is 2.73 bits per heavy atom. The highest BCUT2D eigenvalue weighted by Gasteiger charge is 2.42. The molecule has 1 fully saturated rings. The Labute approximate surface area is 152 Å². The molecule has 8 nitrogen and oxygen atoms in total. The molecule has 1 aromatic heterocycles. The lowest BCUT2D eigenvalue weighted by atomic mass is 9.91. The fraction of sp³-hybridized carbons (Fsp3) is 0.444. The van der Waals surface area contributed by atoms with E-state index in [0.717, 1.165) is 5.69 Å². The van der Waals surface area contributed by atoms with Crippen molar-refractivity contribution in [3.05, 3.63) is 42.2 Å². The van der Waals surface area contributed by atoms with Crippen molar-refractivity contribution < 1.29 is 14.7 Å². The van der Waals surface area contributed by atoms with Crippen LogP contribution in [-0.2, 0) is 16.1 Å². The number of β-amino-alcohol motifs (C(OH)–C–C–N with tert-alkyl or cyclic N) is 1. The van der Waals surface area contributed by atoms with E-state index in [-0.39, 0.29) is 19.0 Å². The lowest BCUT2D eigenvalue weighted by Crippen LogP contribution is -2.58. The van der Waals surface area contributed by atoms with E-state index in [1.54, 1.807) is 13.2 Å². The van der Waals surface area contributed by atoms with E-state index in [0.29, 0.717) is 25.1 Å². The van der Waals surface area contributed by atoms with Crippen LogP contribution in [0.25, 0.3) is 5.69 Å². The first-order chi connectivity index (χ1) is 12.4. The summed E-state index contributed by atoms with van der Waals surface area (Å²) in [5.41, 5.74) is -0.100. The third kappa shape index (κ3) is 3.75. The first-order valence-corrected chi connectivity index (χ1v) is 8.59. The van der Waals surface area contributed by atoms with Crippen molar-refractivity contribution in [2.75, 3.05) is 20.1 Å². The number of carbonyl (C=O) groups is 2. The van der Waals surface area contributed by atoms with E-state index in [2.05, 4.69) is 10.2 Å². The third-order valence-electron chi connectivity index (χ3n) is 4.59. The highest BCUT2D eigenvalue weighted by Crippen LogP contribution is 2.24. The van der Waals surface area contributed by atoms with E-state index >= 15 is 0 Å². The Morgan fingerprint density at radius 2 is 2.04 bits per heavy atom. The van der Waals surface area contributed by atoms with Crippen LogP contribution in [0.5, 0.6) is 0 Å². The predicted molar refractivity (Wildman–Crippen MR) is 94.3 cm³/mol. The molecule has 1 aliphatic heterocycles. The monoisotopic (exact) mass is 357 g/mol. The molecule has 0 radical (unpaired) electrons. The predicted octanol–water partition coefficient (Wildman–Crippen LogP) is 0.599. The number of hydrogen-bond acceptors (Lipinski definition) is 5. The van der Waals surface area contributed by atoms with Gasteiger partial charge in [0.25, 0.3) is 5.91 Å². The molecule has 1 aliphatic rings. The number of benzene rings is 1. The van der Waals surface area contributed by atoms with Gasteiger partial charge >= 0.3 is 0 Å². The van der Waals surface area contributed by atoms with Gasteiger partial charge in [0.2, 0.25) is 5.91 Å². The van der Waals surface area contributed by atoms with Gasteiger partial charge in [-0.05, 0) is 25.0 Å². The summed E-state index contributed by atoms with van der Waals surface area (Å²) in [6.45, 7) is 2.28. The first-order valence-electron chi connectivity index (χ1n) is 8.59. The number of nitrogens with zero attached hydrogens (tertiary/aromatic N) is 5.